The Morgan fingerprint density at radius 2 is 1.97 bits per heavy atom. The quantitative estimate of drug-likeness (QED) is 0.735. The number of nitrogens with zero attached hydrogens (tertiary/aromatic N) is 2. The molecule has 1 N–H and O–H groups in total. The number of pyridine rings is 1. The van der Waals surface area contributed by atoms with E-state index >= 15 is 0 Å². The van der Waals surface area contributed by atoms with Crippen LogP contribution in [-0.2, 0) is 11.3 Å². The highest BCUT2D eigenvalue weighted by atomic mass is 16.5. The van der Waals surface area contributed by atoms with Crippen LogP contribution in [-0.4, -0.2) is 42.0 Å². The van der Waals surface area contributed by atoms with E-state index in [-0.39, 0.29) is 11.9 Å². The standard InChI is InChI=1S/C24H27N3O2/c1-16-4-5-19-13-20(15-27-11-10-23(28)25-14-17(27)2)24(26-22(19)12-16)18-6-8-21(29-3)9-7-18/h4-9,12-13,17H,10-11,14-15H2,1-3H3,(H,25,28)/t17-/m0/s1. The molecular formula is C24H27N3O2. The minimum absolute atomic E-state index is 0.127. The minimum atomic E-state index is 0.127. The first-order valence-electron chi connectivity index (χ1n) is 10.1. The molecule has 1 fully saturated rings. The summed E-state index contributed by atoms with van der Waals surface area (Å²) in [6.45, 7) is 6.44. The van der Waals surface area contributed by atoms with E-state index in [1.54, 1.807) is 7.11 Å². The number of fused-ring (bicyclic) bond motifs is 1. The van der Waals surface area contributed by atoms with Crippen LogP contribution in [0.25, 0.3) is 22.2 Å². The van der Waals surface area contributed by atoms with E-state index in [1.807, 2.05) is 12.1 Å². The molecule has 1 atom stereocenters. The first-order valence-corrected chi connectivity index (χ1v) is 10.1. The van der Waals surface area contributed by atoms with Crippen molar-refractivity contribution in [2.45, 2.75) is 32.9 Å². The molecule has 0 spiro atoms. The summed E-state index contributed by atoms with van der Waals surface area (Å²) in [6, 6.07) is 17.0. The van der Waals surface area contributed by atoms with Crippen LogP contribution in [0.15, 0.2) is 48.5 Å². The number of hydrogen-bond donors (Lipinski definition) is 1. The second kappa shape index (κ2) is 8.21. The summed E-state index contributed by atoms with van der Waals surface area (Å²) in [7, 11) is 1.67. The predicted octanol–water partition coefficient (Wildman–Crippen LogP) is 3.93. The van der Waals surface area contributed by atoms with Crippen molar-refractivity contribution in [3.8, 4) is 17.0 Å². The molecule has 1 aliphatic rings. The number of benzene rings is 2. The lowest BCUT2D eigenvalue weighted by Crippen LogP contribution is -2.37. The van der Waals surface area contributed by atoms with Gasteiger partial charge in [-0.3, -0.25) is 9.69 Å². The molecule has 0 bridgehead atoms. The molecule has 5 nitrogen and oxygen atoms in total. The summed E-state index contributed by atoms with van der Waals surface area (Å²) >= 11 is 0. The van der Waals surface area contributed by atoms with E-state index in [4.69, 9.17) is 9.72 Å². The Labute approximate surface area is 171 Å². The monoisotopic (exact) mass is 389 g/mol. The highest BCUT2D eigenvalue weighted by Crippen LogP contribution is 2.29. The number of carbonyl (C=O) groups is 1. The van der Waals surface area contributed by atoms with Crippen LogP contribution in [0.4, 0.5) is 0 Å². The second-order valence-electron chi connectivity index (χ2n) is 7.79. The second-order valence-corrected chi connectivity index (χ2v) is 7.79. The molecule has 1 saturated heterocycles. The Morgan fingerprint density at radius 1 is 1.17 bits per heavy atom. The van der Waals surface area contributed by atoms with Crippen LogP contribution in [0, 0.1) is 6.92 Å². The van der Waals surface area contributed by atoms with Gasteiger partial charge in [0, 0.05) is 43.0 Å². The van der Waals surface area contributed by atoms with E-state index in [0.29, 0.717) is 13.0 Å². The molecule has 5 heteroatoms. The zero-order valence-electron chi connectivity index (χ0n) is 17.2. The third-order valence-electron chi connectivity index (χ3n) is 5.63. The first-order chi connectivity index (χ1) is 14.0. The Morgan fingerprint density at radius 3 is 2.72 bits per heavy atom. The average molecular weight is 389 g/mol. The first kappa shape index (κ1) is 19.4. The summed E-state index contributed by atoms with van der Waals surface area (Å²) in [5, 5.41) is 4.13. The molecular weight excluding hydrogens is 362 g/mol. The molecule has 29 heavy (non-hydrogen) atoms. The van der Waals surface area contributed by atoms with Gasteiger partial charge in [0.15, 0.2) is 0 Å². The molecule has 3 aromatic rings. The van der Waals surface area contributed by atoms with Crippen molar-refractivity contribution in [1.29, 1.82) is 0 Å². The zero-order chi connectivity index (χ0) is 20.4. The number of carbonyl (C=O) groups excluding carboxylic acids is 1. The summed E-state index contributed by atoms with van der Waals surface area (Å²) in [5.41, 5.74) is 5.43. The van der Waals surface area contributed by atoms with Gasteiger partial charge in [-0.15, -0.1) is 0 Å². The average Bonchev–Trinajstić information content (AvgIpc) is 2.89. The highest BCUT2D eigenvalue weighted by Gasteiger charge is 2.22. The molecule has 0 unspecified atom stereocenters. The SMILES string of the molecule is COc1ccc(-c2nc3cc(C)ccc3cc2CN2CCC(=O)NC[C@@H]2C)cc1. The van der Waals surface area contributed by atoms with Crippen LogP contribution in [0.5, 0.6) is 5.75 Å². The number of aromatic nitrogens is 1. The fraction of sp³-hybridized carbons (Fsp3) is 0.333. The molecule has 4 rings (SSSR count). The van der Waals surface area contributed by atoms with Crippen molar-refractivity contribution in [3.05, 3.63) is 59.7 Å². The molecule has 1 aromatic heterocycles. The summed E-state index contributed by atoms with van der Waals surface area (Å²) in [5.74, 6) is 0.958. The normalized spacial score (nSPS) is 17.8. The number of rotatable bonds is 4. The number of aryl methyl sites for hydroxylation is 1. The van der Waals surface area contributed by atoms with E-state index in [9.17, 15) is 4.79 Å². The molecule has 0 aliphatic carbocycles. The van der Waals surface area contributed by atoms with Crippen LogP contribution >= 0.6 is 0 Å². The van der Waals surface area contributed by atoms with Gasteiger partial charge in [0.05, 0.1) is 18.3 Å². The Balaban J connectivity index is 1.77. The van der Waals surface area contributed by atoms with Gasteiger partial charge in [0.1, 0.15) is 5.75 Å². The largest absolute Gasteiger partial charge is 0.497 e. The van der Waals surface area contributed by atoms with Crippen LogP contribution in [0.3, 0.4) is 0 Å². The Kier molecular flexibility index (Phi) is 5.49. The molecule has 0 radical (unpaired) electrons. The minimum Gasteiger partial charge on any atom is -0.497 e. The topological polar surface area (TPSA) is 54.5 Å². The van der Waals surface area contributed by atoms with Gasteiger partial charge < -0.3 is 10.1 Å². The lowest BCUT2D eigenvalue weighted by Gasteiger charge is -2.27. The molecule has 2 aromatic carbocycles. The van der Waals surface area contributed by atoms with E-state index in [2.05, 4.69) is 60.5 Å². The number of amides is 1. The van der Waals surface area contributed by atoms with Crippen LogP contribution in [0.1, 0.15) is 24.5 Å². The van der Waals surface area contributed by atoms with Gasteiger partial charge in [-0.1, -0.05) is 12.1 Å². The smallest absolute Gasteiger partial charge is 0.221 e. The van der Waals surface area contributed by atoms with Crippen molar-refractivity contribution in [3.63, 3.8) is 0 Å². The lowest BCUT2D eigenvalue weighted by molar-refractivity contribution is -0.120. The maximum atomic E-state index is 11.8. The summed E-state index contributed by atoms with van der Waals surface area (Å²) in [4.78, 5) is 19.2. The van der Waals surface area contributed by atoms with Crippen molar-refractivity contribution >= 4 is 16.8 Å². The number of ether oxygens (including phenoxy) is 1. The maximum Gasteiger partial charge on any atom is 0.221 e. The van der Waals surface area contributed by atoms with Gasteiger partial charge >= 0.3 is 0 Å². The molecule has 0 saturated carbocycles. The van der Waals surface area contributed by atoms with Gasteiger partial charge in [-0.25, -0.2) is 4.98 Å². The van der Waals surface area contributed by atoms with Crippen molar-refractivity contribution < 1.29 is 9.53 Å². The zero-order valence-corrected chi connectivity index (χ0v) is 17.2. The van der Waals surface area contributed by atoms with Crippen molar-refractivity contribution in [2.75, 3.05) is 20.2 Å². The lowest BCUT2D eigenvalue weighted by atomic mass is 10.0. The van der Waals surface area contributed by atoms with Gasteiger partial charge in [0.25, 0.3) is 0 Å². The van der Waals surface area contributed by atoms with Crippen molar-refractivity contribution in [2.24, 2.45) is 0 Å². The van der Waals surface area contributed by atoms with Gasteiger partial charge in [0.2, 0.25) is 5.91 Å². The van der Waals surface area contributed by atoms with E-state index in [1.165, 1.54) is 11.1 Å². The maximum absolute atomic E-state index is 11.8. The molecule has 150 valence electrons. The van der Waals surface area contributed by atoms with Crippen LogP contribution in [0.2, 0.25) is 0 Å². The third-order valence-corrected chi connectivity index (χ3v) is 5.63. The van der Waals surface area contributed by atoms with Crippen molar-refractivity contribution in [1.82, 2.24) is 15.2 Å². The molecule has 1 aliphatic heterocycles. The van der Waals surface area contributed by atoms with Gasteiger partial charge in [-0.05, 0) is 61.4 Å². The molecule has 1 amide bonds. The predicted molar refractivity (Wildman–Crippen MR) is 116 cm³/mol. The van der Waals surface area contributed by atoms with Gasteiger partial charge in [-0.2, -0.15) is 0 Å². The Hall–Kier alpha value is -2.92. The van der Waals surface area contributed by atoms with E-state index in [0.717, 1.165) is 41.0 Å². The van der Waals surface area contributed by atoms with Crippen LogP contribution < -0.4 is 10.1 Å². The number of methoxy groups -OCH3 is 1. The Bertz CT molecular complexity index is 1030. The number of hydrogen-bond acceptors (Lipinski definition) is 4. The third kappa shape index (κ3) is 4.25. The highest BCUT2D eigenvalue weighted by molar-refractivity contribution is 5.84. The fourth-order valence-corrected chi connectivity index (χ4v) is 3.84. The summed E-state index contributed by atoms with van der Waals surface area (Å²) < 4.78 is 5.31. The van der Waals surface area contributed by atoms with E-state index < -0.39 is 0 Å². The molecule has 2 heterocycles. The fourth-order valence-electron chi connectivity index (χ4n) is 3.84. The number of nitrogens with one attached hydrogen (secondary N) is 1. The summed E-state index contributed by atoms with van der Waals surface area (Å²) in [6.07, 6.45) is 0.530.